The van der Waals surface area contributed by atoms with Crippen molar-refractivity contribution in [3.05, 3.63) is 89.0 Å². The lowest BCUT2D eigenvalue weighted by Crippen LogP contribution is -2.18. The maximum atomic E-state index is 13.2. The molecule has 3 aromatic rings. The van der Waals surface area contributed by atoms with E-state index in [-0.39, 0.29) is 11.5 Å². The molecule has 0 fully saturated rings. The molecule has 7 nitrogen and oxygen atoms in total. The van der Waals surface area contributed by atoms with Crippen molar-refractivity contribution >= 4 is 29.2 Å². The zero-order valence-corrected chi connectivity index (χ0v) is 18.0. The van der Waals surface area contributed by atoms with Gasteiger partial charge >= 0.3 is 0 Å². The predicted octanol–water partition coefficient (Wildman–Crippen LogP) is 4.31. The van der Waals surface area contributed by atoms with Gasteiger partial charge in [-0.3, -0.25) is 14.8 Å². The van der Waals surface area contributed by atoms with Crippen LogP contribution in [0.1, 0.15) is 27.0 Å². The number of aryl methyl sites for hydroxylation is 1. The Morgan fingerprint density at radius 3 is 2.06 bits per heavy atom. The lowest BCUT2D eigenvalue weighted by Gasteiger charge is -2.12. The Morgan fingerprint density at radius 2 is 1.47 bits per heavy atom. The first kappa shape index (κ1) is 22.6. The zero-order valence-electron chi connectivity index (χ0n) is 18.0. The maximum absolute atomic E-state index is 13.2. The molecular formula is C25H24N2O5. The zero-order chi connectivity index (χ0) is 23.1. The molecule has 0 aliphatic rings. The standard InChI is InChI=1S/C25H24N2O5/c1-16-4-7-18(8-5-16)21(14-17-6-13-22(31-2)23(15-17)32-3)25(29)26-20-11-9-19(10-12-20)24(28)27-30/h4-15,30H,1-3H3,(H,26,29)(H,27,28). The summed E-state index contributed by atoms with van der Waals surface area (Å²) in [6.07, 6.45) is 1.77. The fraction of sp³-hybridized carbons (Fsp3) is 0.120. The van der Waals surface area contributed by atoms with Gasteiger partial charge in [-0.15, -0.1) is 0 Å². The largest absolute Gasteiger partial charge is 0.493 e. The smallest absolute Gasteiger partial charge is 0.274 e. The number of benzene rings is 3. The Labute approximate surface area is 186 Å². The van der Waals surface area contributed by atoms with Crippen LogP contribution in [0.25, 0.3) is 11.6 Å². The first-order valence-corrected chi connectivity index (χ1v) is 9.81. The number of anilines is 1. The van der Waals surface area contributed by atoms with E-state index in [2.05, 4.69) is 5.32 Å². The van der Waals surface area contributed by atoms with Crippen LogP contribution in [0.4, 0.5) is 5.69 Å². The summed E-state index contributed by atoms with van der Waals surface area (Å²) < 4.78 is 10.7. The summed E-state index contributed by atoms with van der Waals surface area (Å²) in [6, 6.07) is 19.2. The van der Waals surface area contributed by atoms with Crippen molar-refractivity contribution in [3.63, 3.8) is 0 Å². The third-order valence-corrected chi connectivity index (χ3v) is 4.83. The summed E-state index contributed by atoms with van der Waals surface area (Å²) in [5.41, 5.74) is 5.40. The van der Waals surface area contributed by atoms with Gasteiger partial charge in [0.2, 0.25) is 0 Å². The highest BCUT2D eigenvalue weighted by atomic mass is 16.5. The van der Waals surface area contributed by atoms with Gasteiger partial charge in [0, 0.05) is 16.8 Å². The molecule has 3 N–H and O–H groups in total. The van der Waals surface area contributed by atoms with E-state index in [4.69, 9.17) is 14.7 Å². The minimum atomic E-state index is -0.628. The molecule has 0 saturated heterocycles. The minimum absolute atomic E-state index is 0.269. The molecule has 0 aliphatic heterocycles. The van der Waals surface area contributed by atoms with Crippen molar-refractivity contribution in [2.45, 2.75) is 6.92 Å². The molecule has 2 amide bonds. The van der Waals surface area contributed by atoms with Gasteiger partial charge in [-0.1, -0.05) is 35.9 Å². The van der Waals surface area contributed by atoms with Crippen molar-refractivity contribution in [3.8, 4) is 11.5 Å². The van der Waals surface area contributed by atoms with Crippen LogP contribution in [-0.4, -0.2) is 31.2 Å². The molecule has 7 heteroatoms. The fourth-order valence-corrected chi connectivity index (χ4v) is 3.09. The Morgan fingerprint density at radius 1 is 0.844 bits per heavy atom. The summed E-state index contributed by atoms with van der Waals surface area (Å²) in [4.78, 5) is 24.7. The van der Waals surface area contributed by atoms with E-state index < -0.39 is 5.91 Å². The van der Waals surface area contributed by atoms with Crippen LogP contribution in [0.15, 0.2) is 66.7 Å². The molecule has 164 valence electrons. The van der Waals surface area contributed by atoms with E-state index in [1.807, 2.05) is 37.3 Å². The van der Waals surface area contributed by atoms with Crippen LogP contribution in [0.2, 0.25) is 0 Å². The van der Waals surface area contributed by atoms with E-state index in [0.29, 0.717) is 22.8 Å². The third-order valence-electron chi connectivity index (χ3n) is 4.83. The molecule has 0 radical (unpaired) electrons. The van der Waals surface area contributed by atoms with Gasteiger partial charge in [-0.05, 0) is 60.5 Å². The van der Waals surface area contributed by atoms with Gasteiger partial charge in [0.15, 0.2) is 11.5 Å². The lowest BCUT2D eigenvalue weighted by atomic mass is 10.0. The first-order valence-electron chi connectivity index (χ1n) is 9.81. The number of hydrogen-bond donors (Lipinski definition) is 3. The van der Waals surface area contributed by atoms with Crippen LogP contribution < -0.4 is 20.3 Å². The number of carbonyl (C=O) groups is 2. The van der Waals surface area contributed by atoms with Gasteiger partial charge in [0.25, 0.3) is 11.8 Å². The van der Waals surface area contributed by atoms with E-state index in [1.54, 1.807) is 50.0 Å². The molecule has 0 unspecified atom stereocenters. The quantitative estimate of drug-likeness (QED) is 0.224. The van der Waals surface area contributed by atoms with Gasteiger partial charge in [-0.25, -0.2) is 5.48 Å². The van der Waals surface area contributed by atoms with Crippen molar-refractivity contribution in [1.29, 1.82) is 0 Å². The topological polar surface area (TPSA) is 96.9 Å². The number of carbonyl (C=O) groups excluding carboxylic acids is 2. The number of ether oxygens (including phenoxy) is 2. The average molecular weight is 432 g/mol. The maximum Gasteiger partial charge on any atom is 0.274 e. The van der Waals surface area contributed by atoms with Crippen molar-refractivity contribution < 1.29 is 24.3 Å². The number of rotatable bonds is 7. The Kier molecular flexibility index (Phi) is 7.25. The van der Waals surface area contributed by atoms with E-state index >= 15 is 0 Å². The Bertz CT molecular complexity index is 1140. The van der Waals surface area contributed by atoms with Crippen LogP contribution in [0.5, 0.6) is 11.5 Å². The number of amides is 2. The normalized spacial score (nSPS) is 10.9. The van der Waals surface area contributed by atoms with Crippen molar-refractivity contribution in [2.24, 2.45) is 0 Å². The minimum Gasteiger partial charge on any atom is -0.493 e. The predicted molar refractivity (Wildman–Crippen MR) is 123 cm³/mol. The van der Waals surface area contributed by atoms with Crippen molar-refractivity contribution in [1.82, 2.24) is 5.48 Å². The molecule has 3 aromatic carbocycles. The van der Waals surface area contributed by atoms with Crippen LogP contribution >= 0.6 is 0 Å². The van der Waals surface area contributed by atoms with E-state index in [9.17, 15) is 9.59 Å². The molecule has 0 aliphatic carbocycles. The average Bonchev–Trinajstić information content (AvgIpc) is 2.82. The fourth-order valence-electron chi connectivity index (χ4n) is 3.09. The SMILES string of the molecule is COc1ccc(C=C(C(=O)Nc2ccc(C(=O)NO)cc2)c2ccc(C)cc2)cc1OC. The second-order valence-corrected chi connectivity index (χ2v) is 7.01. The number of hydrogen-bond acceptors (Lipinski definition) is 5. The molecule has 0 saturated carbocycles. The lowest BCUT2D eigenvalue weighted by molar-refractivity contribution is -0.111. The molecule has 0 aromatic heterocycles. The second-order valence-electron chi connectivity index (χ2n) is 7.01. The Balaban J connectivity index is 1.96. The highest BCUT2D eigenvalue weighted by Crippen LogP contribution is 2.30. The van der Waals surface area contributed by atoms with E-state index in [0.717, 1.165) is 16.7 Å². The number of methoxy groups -OCH3 is 2. The molecule has 0 bridgehead atoms. The van der Waals surface area contributed by atoms with Crippen LogP contribution in [-0.2, 0) is 4.79 Å². The summed E-state index contributed by atoms with van der Waals surface area (Å²) in [5.74, 6) is 0.209. The number of nitrogens with one attached hydrogen (secondary N) is 2. The van der Waals surface area contributed by atoms with Gasteiger partial charge < -0.3 is 14.8 Å². The van der Waals surface area contributed by atoms with Gasteiger partial charge in [0.1, 0.15) is 0 Å². The molecular weight excluding hydrogens is 408 g/mol. The summed E-state index contributed by atoms with van der Waals surface area (Å²) in [7, 11) is 3.12. The van der Waals surface area contributed by atoms with Crippen molar-refractivity contribution in [2.75, 3.05) is 19.5 Å². The molecule has 0 heterocycles. The van der Waals surface area contributed by atoms with Crippen LogP contribution in [0.3, 0.4) is 0 Å². The molecule has 3 rings (SSSR count). The second kappa shape index (κ2) is 10.3. The third kappa shape index (κ3) is 5.33. The number of hydroxylamine groups is 1. The van der Waals surface area contributed by atoms with Gasteiger partial charge in [0.05, 0.1) is 14.2 Å². The van der Waals surface area contributed by atoms with Crippen LogP contribution in [0, 0.1) is 6.92 Å². The summed E-state index contributed by atoms with van der Waals surface area (Å²) >= 11 is 0. The molecule has 0 atom stereocenters. The van der Waals surface area contributed by atoms with Gasteiger partial charge in [-0.2, -0.15) is 0 Å². The Hall–Kier alpha value is -4.10. The monoisotopic (exact) mass is 432 g/mol. The molecule has 32 heavy (non-hydrogen) atoms. The molecule has 0 spiro atoms. The summed E-state index contributed by atoms with van der Waals surface area (Å²) in [6.45, 7) is 1.98. The highest BCUT2D eigenvalue weighted by Gasteiger charge is 2.14. The summed E-state index contributed by atoms with van der Waals surface area (Å²) in [5, 5.41) is 11.6. The van der Waals surface area contributed by atoms with E-state index in [1.165, 1.54) is 12.1 Å². The first-order chi connectivity index (χ1) is 15.4. The highest BCUT2D eigenvalue weighted by molar-refractivity contribution is 6.29.